The van der Waals surface area contributed by atoms with Crippen LogP contribution in [0.1, 0.15) is 12.5 Å². The summed E-state index contributed by atoms with van der Waals surface area (Å²) >= 11 is 6.12. The van der Waals surface area contributed by atoms with E-state index in [1.807, 2.05) is 31.2 Å². The third-order valence-electron chi connectivity index (χ3n) is 3.03. The van der Waals surface area contributed by atoms with E-state index in [1.165, 1.54) is 0 Å². The lowest BCUT2D eigenvalue weighted by atomic mass is 9.91. The second kappa shape index (κ2) is 3.34. The van der Waals surface area contributed by atoms with E-state index in [4.69, 9.17) is 16.4 Å². The van der Waals surface area contributed by atoms with Gasteiger partial charge >= 0.3 is 0 Å². The van der Waals surface area contributed by atoms with Crippen molar-refractivity contribution in [1.82, 2.24) is 5.06 Å². The predicted molar refractivity (Wildman–Crippen MR) is 60.6 cm³/mol. The van der Waals surface area contributed by atoms with Crippen LogP contribution >= 0.6 is 11.6 Å². The molecule has 0 aromatic heterocycles. The van der Waals surface area contributed by atoms with E-state index < -0.39 is 0 Å². The molecule has 0 amide bonds. The van der Waals surface area contributed by atoms with Crippen LogP contribution in [0.4, 0.5) is 0 Å². The van der Waals surface area contributed by atoms with Crippen LogP contribution in [0.2, 0.25) is 5.02 Å². The molecule has 4 rings (SSSR count). The van der Waals surface area contributed by atoms with Crippen LogP contribution in [0.5, 0.6) is 0 Å². The first-order chi connectivity index (χ1) is 7.74. The highest BCUT2D eigenvalue weighted by atomic mass is 35.5. The average Bonchev–Trinajstić information content (AvgIpc) is 2.75. The van der Waals surface area contributed by atoms with Gasteiger partial charge in [0.25, 0.3) is 0 Å². The molecule has 2 bridgehead atoms. The Morgan fingerprint density at radius 2 is 2.19 bits per heavy atom. The average molecular weight is 236 g/mol. The largest absolute Gasteiger partial charge is 0.301 e. The lowest BCUT2D eigenvalue weighted by Crippen LogP contribution is -2.38. The van der Waals surface area contributed by atoms with Crippen LogP contribution in [-0.2, 0) is 9.63 Å². The zero-order valence-electron chi connectivity index (χ0n) is 8.68. The maximum atomic E-state index is 10.9. The van der Waals surface area contributed by atoms with E-state index in [9.17, 15) is 4.79 Å². The highest BCUT2D eigenvalue weighted by molar-refractivity contribution is 6.32. The summed E-state index contributed by atoms with van der Waals surface area (Å²) in [6, 6.07) is 7.36. The van der Waals surface area contributed by atoms with Crippen molar-refractivity contribution in [3.63, 3.8) is 0 Å². The number of hydrogen-bond donors (Lipinski definition) is 0. The number of aldehydes is 1. The van der Waals surface area contributed by atoms with Gasteiger partial charge in [-0.05, 0) is 13.0 Å². The maximum Gasteiger partial charge on any atom is 0.149 e. The molecule has 0 radical (unpaired) electrons. The van der Waals surface area contributed by atoms with Crippen LogP contribution in [0.25, 0.3) is 5.70 Å². The van der Waals surface area contributed by atoms with Crippen LogP contribution in [0, 0.1) is 0 Å². The first-order valence-corrected chi connectivity index (χ1v) is 5.52. The minimum atomic E-state index is -0.221. The van der Waals surface area contributed by atoms with Crippen molar-refractivity contribution in [2.75, 3.05) is 0 Å². The van der Waals surface area contributed by atoms with Crippen LogP contribution in [0.3, 0.4) is 0 Å². The standard InChI is InChI=1S/C12H10ClNO2/c1-7-11-10(6-15)14(16-7)12(11)8-4-2-3-5-9(8)13/h2-7,10H,1H3. The third-order valence-corrected chi connectivity index (χ3v) is 3.36. The van der Waals surface area contributed by atoms with E-state index >= 15 is 0 Å². The summed E-state index contributed by atoms with van der Waals surface area (Å²) in [5.41, 5.74) is 2.92. The van der Waals surface area contributed by atoms with Gasteiger partial charge in [0.05, 0.1) is 5.70 Å². The number of nitrogens with zero attached hydrogens (tertiary/aromatic N) is 1. The third kappa shape index (κ3) is 1.10. The minimum absolute atomic E-state index is 0.0264. The molecular weight excluding hydrogens is 226 g/mol. The minimum Gasteiger partial charge on any atom is -0.301 e. The number of hydroxylamine groups is 2. The number of carbonyl (C=O) groups excluding carboxylic acids is 1. The van der Waals surface area contributed by atoms with Crippen molar-refractivity contribution in [3.05, 3.63) is 40.4 Å². The zero-order valence-corrected chi connectivity index (χ0v) is 9.44. The van der Waals surface area contributed by atoms with Crippen molar-refractivity contribution in [2.45, 2.75) is 19.1 Å². The number of halogens is 1. The highest BCUT2D eigenvalue weighted by Gasteiger charge is 2.50. The van der Waals surface area contributed by atoms with Crippen molar-refractivity contribution in [2.24, 2.45) is 0 Å². The SMILES string of the molecule is CC1ON2C(c3ccccc3Cl)=C1C2C=O. The van der Waals surface area contributed by atoms with E-state index in [-0.39, 0.29) is 12.1 Å². The number of carbonyl (C=O) groups is 1. The Bertz CT molecular complexity index is 498. The molecule has 1 saturated heterocycles. The Morgan fingerprint density at radius 1 is 1.44 bits per heavy atom. The molecule has 16 heavy (non-hydrogen) atoms. The Kier molecular flexibility index (Phi) is 2.06. The maximum absolute atomic E-state index is 10.9. The molecule has 3 nitrogen and oxygen atoms in total. The van der Waals surface area contributed by atoms with Gasteiger partial charge in [-0.2, -0.15) is 0 Å². The molecule has 1 aromatic rings. The molecule has 4 heteroatoms. The first-order valence-electron chi connectivity index (χ1n) is 5.14. The quantitative estimate of drug-likeness (QED) is 0.737. The number of hydrogen-bond acceptors (Lipinski definition) is 3. The van der Waals surface area contributed by atoms with E-state index in [0.717, 1.165) is 23.1 Å². The van der Waals surface area contributed by atoms with Gasteiger partial charge in [0.1, 0.15) is 18.4 Å². The molecule has 2 atom stereocenters. The fourth-order valence-electron chi connectivity index (χ4n) is 2.30. The molecule has 3 aliphatic rings. The summed E-state index contributed by atoms with van der Waals surface area (Å²) < 4.78 is 0. The monoisotopic (exact) mass is 235 g/mol. The number of fused-ring (bicyclic) bond motifs is 1. The van der Waals surface area contributed by atoms with Gasteiger partial charge in [0.15, 0.2) is 0 Å². The van der Waals surface area contributed by atoms with Gasteiger partial charge in [-0.25, -0.2) is 5.06 Å². The molecule has 0 spiro atoms. The van der Waals surface area contributed by atoms with E-state index in [1.54, 1.807) is 5.06 Å². The van der Waals surface area contributed by atoms with Crippen molar-refractivity contribution >= 4 is 23.6 Å². The normalized spacial score (nSPS) is 27.0. The van der Waals surface area contributed by atoms with Crippen LogP contribution < -0.4 is 0 Å². The fraction of sp³-hybridized carbons (Fsp3) is 0.250. The number of rotatable bonds is 2. The summed E-state index contributed by atoms with van der Waals surface area (Å²) in [4.78, 5) is 16.4. The summed E-state index contributed by atoms with van der Waals surface area (Å²) in [7, 11) is 0. The van der Waals surface area contributed by atoms with Gasteiger partial charge in [-0.3, -0.25) is 4.84 Å². The van der Waals surface area contributed by atoms with Gasteiger partial charge in [-0.15, -0.1) is 0 Å². The molecule has 82 valence electrons. The van der Waals surface area contributed by atoms with Crippen molar-refractivity contribution in [1.29, 1.82) is 0 Å². The second-order valence-electron chi connectivity index (χ2n) is 3.94. The Morgan fingerprint density at radius 3 is 2.75 bits per heavy atom. The van der Waals surface area contributed by atoms with Crippen molar-refractivity contribution < 1.29 is 9.63 Å². The molecule has 1 fully saturated rings. The molecular formula is C12H10ClNO2. The van der Waals surface area contributed by atoms with Gasteiger partial charge < -0.3 is 4.79 Å². The first kappa shape index (κ1) is 9.87. The molecule has 1 aromatic carbocycles. The Labute approximate surface area is 98.2 Å². The molecule has 0 saturated carbocycles. The van der Waals surface area contributed by atoms with Crippen molar-refractivity contribution in [3.8, 4) is 0 Å². The second-order valence-corrected chi connectivity index (χ2v) is 4.35. The topological polar surface area (TPSA) is 29.5 Å². The summed E-state index contributed by atoms with van der Waals surface area (Å²) in [5.74, 6) is 0. The lowest BCUT2D eigenvalue weighted by molar-refractivity contribution is -0.129. The van der Waals surface area contributed by atoms with Gasteiger partial charge in [-0.1, -0.05) is 29.8 Å². The van der Waals surface area contributed by atoms with E-state index in [2.05, 4.69) is 0 Å². The highest BCUT2D eigenvalue weighted by Crippen LogP contribution is 2.48. The van der Waals surface area contributed by atoms with Crippen LogP contribution in [-0.4, -0.2) is 23.5 Å². The van der Waals surface area contributed by atoms with Gasteiger partial charge in [0, 0.05) is 16.2 Å². The van der Waals surface area contributed by atoms with Crippen LogP contribution in [0.15, 0.2) is 29.8 Å². The van der Waals surface area contributed by atoms with E-state index in [0.29, 0.717) is 5.02 Å². The summed E-state index contributed by atoms with van der Waals surface area (Å²) in [5, 5.41) is 2.33. The van der Waals surface area contributed by atoms with Gasteiger partial charge in [0.2, 0.25) is 0 Å². The molecule has 2 unspecified atom stereocenters. The zero-order chi connectivity index (χ0) is 11.3. The predicted octanol–water partition coefficient (Wildman–Crippen LogP) is 2.27. The summed E-state index contributed by atoms with van der Waals surface area (Å²) in [6.45, 7) is 1.94. The molecule has 0 aliphatic carbocycles. The smallest absolute Gasteiger partial charge is 0.149 e. The fourth-order valence-corrected chi connectivity index (χ4v) is 2.53. The Balaban J connectivity index is 2.11. The molecule has 3 aliphatic heterocycles. The number of benzene rings is 1. The molecule has 0 N–H and O–H groups in total. The Hall–Kier alpha value is -1.32. The summed E-state index contributed by atoms with van der Waals surface area (Å²) in [6.07, 6.45) is 0.876. The lowest BCUT2D eigenvalue weighted by Gasteiger charge is -2.32. The molecule has 3 heterocycles.